The number of amides is 1. The smallest absolute Gasteiger partial charge is 0.257 e. The number of carbonyl (C=O) groups is 1. The van der Waals surface area contributed by atoms with Crippen molar-refractivity contribution in [2.24, 2.45) is 0 Å². The Morgan fingerprint density at radius 3 is 2.57 bits per heavy atom. The summed E-state index contributed by atoms with van der Waals surface area (Å²) in [5.41, 5.74) is 1.25. The van der Waals surface area contributed by atoms with E-state index in [0.717, 1.165) is 26.2 Å². The van der Waals surface area contributed by atoms with Gasteiger partial charge in [0.05, 0.1) is 5.02 Å². The second-order valence-corrected chi connectivity index (χ2v) is 7.28. The van der Waals surface area contributed by atoms with Gasteiger partial charge in [0.15, 0.2) is 6.61 Å². The molecule has 3 rings (SSSR count). The standard InChI is InChI=1S/C21H25ClFN3O2/c1-16(25-9-11-26(12-10-25)17-5-3-2-4-6-17)14-24-21(27)15-28-18-7-8-20(23)19(22)13-18/h2-8,13,16H,9-12,14-15H2,1H3,(H,24,27). The maximum Gasteiger partial charge on any atom is 0.257 e. The Bertz CT molecular complexity index is 782. The first-order valence-electron chi connectivity index (χ1n) is 9.41. The Hall–Kier alpha value is -2.31. The Balaban J connectivity index is 1.37. The molecule has 0 aromatic heterocycles. The Morgan fingerprint density at radius 1 is 1.18 bits per heavy atom. The van der Waals surface area contributed by atoms with E-state index in [9.17, 15) is 9.18 Å². The molecule has 2 aromatic rings. The van der Waals surface area contributed by atoms with Crippen molar-refractivity contribution in [1.29, 1.82) is 0 Å². The van der Waals surface area contributed by atoms with Crippen LogP contribution >= 0.6 is 11.6 Å². The quantitative estimate of drug-likeness (QED) is 0.768. The molecule has 0 radical (unpaired) electrons. The first kappa shape index (κ1) is 20.4. The number of anilines is 1. The molecule has 1 unspecified atom stereocenters. The van der Waals surface area contributed by atoms with E-state index in [1.54, 1.807) is 0 Å². The van der Waals surface area contributed by atoms with E-state index in [4.69, 9.17) is 16.3 Å². The van der Waals surface area contributed by atoms with Crippen molar-refractivity contribution < 1.29 is 13.9 Å². The lowest BCUT2D eigenvalue weighted by atomic mass is 10.2. The predicted molar refractivity (Wildman–Crippen MR) is 110 cm³/mol. The van der Waals surface area contributed by atoms with Crippen LogP contribution in [0.2, 0.25) is 5.02 Å². The number of carbonyl (C=O) groups excluding carboxylic acids is 1. The third-order valence-corrected chi connectivity index (χ3v) is 5.20. The largest absolute Gasteiger partial charge is 0.484 e. The Morgan fingerprint density at radius 2 is 1.89 bits per heavy atom. The molecule has 28 heavy (non-hydrogen) atoms. The van der Waals surface area contributed by atoms with Gasteiger partial charge in [0.1, 0.15) is 11.6 Å². The number of piperazine rings is 1. The summed E-state index contributed by atoms with van der Waals surface area (Å²) in [5, 5.41) is 2.87. The number of hydrogen-bond acceptors (Lipinski definition) is 4. The molecule has 5 nitrogen and oxygen atoms in total. The fourth-order valence-corrected chi connectivity index (χ4v) is 3.39. The molecule has 1 aliphatic heterocycles. The van der Waals surface area contributed by atoms with E-state index in [1.165, 1.54) is 23.9 Å². The van der Waals surface area contributed by atoms with Crippen molar-refractivity contribution in [3.63, 3.8) is 0 Å². The average Bonchev–Trinajstić information content (AvgIpc) is 2.73. The molecule has 0 spiro atoms. The first-order chi connectivity index (χ1) is 13.5. The molecule has 7 heteroatoms. The van der Waals surface area contributed by atoms with Crippen molar-refractivity contribution in [3.8, 4) is 5.75 Å². The minimum Gasteiger partial charge on any atom is -0.484 e. The fourth-order valence-electron chi connectivity index (χ4n) is 3.22. The van der Waals surface area contributed by atoms with Crippen molar-refractivity contribution >= 4 is 23.2 Å². The van der Waals surface area contributed by atoms with Crippen LogP contribution in [0.1, 0.15) is 6.92 Å². The van der Waals surface area contributed by atoms with Gasteiger partial charge in [-0.2, -0.15) is 0 Å². The van der Waals surface area contributed by atoms with Crippen LogP contribution in [0.25, 0.3) is 0 Å². The van der Waals surface area contributed by atoms with Gasteiger partial charge in [-0.1, -0.05) is 29.8 Å². The van der Waals surface area contributed by atoms with Crippen LogP contribution in [0.5, 0.6) is 5.75 Å². The molecule has 1 N–H and O–H groups in total. The van der Waals surface area contributed by atoms with Crippen molar-refractivity contribution in [3.05, 3.63) is 59.4 Å². The molecule has 1 amide bonds. The maximum absolute atomic E-state index is 13.1. The van der Waals surface area contributed by atoms with E-state index in [2.05, 4.69) is 46.3 Å². The van der Waals surface area contributed by atoms with Gasteiger partial charge in [0, 0.05) is 50.5 Å². The summed E-state index contributed by atoms with van der Waals surface area (Å²) in [5.74, 6) is -0.360. The highest BCUT2D eigenvalue weighted by Gasteiger charge is 2.21. The molecular weight excluding hydrogens is 381 g/mol. The van der Waals surface area contributed by atoms with Crippen molar-refractivity contribution in [2.75, 3.05) is 44.2 Å². The molecule has 150 valence electrons. The van der Waals surface area contributed by atoms with E-state index in [0.29, 0.717) is 12.3 Å². The minimum absolute atomic E-state index is 0.0267. The van der Waals surface area contributed by atoms with Gasteiger partial charge in [0.2, 0.25) is 0 Å². The fraction of sp³-hybridized carbons (Fsp3) is 0.381. The molecule has 1 atom stereocenters. The second-order valence-electron chi connectivity index (χ2n) is 6.88. The van der Waals surface area contributed by atoms with Gasteiger partial charge in [-0.25, -0.2) is 4.39 Å². The van der Waals surface area contributed by atoms with Crippen LogP contribution < -0.4 is 15.0 Å². The van der Waals surface area contributed by atoms with Crippen molar-refractivity contribution in [2.45, 2.75) is 13.0 Å². The van der Waals surface area contributed by atoms with Gasteiger partial charge < -0.3 is 15.0 Å². The summed E-state index contributed by atoms with van der Waals surface area (Å²) in [4.78, 5) is 16.8. The van der Waals surface area contributed by atoms with Crippen LogP contribution in [-0.2, 0) is 4.79 Å². The van der Waals surface area contributed by atoms with Gasteiger partial charge in [-0.3, -0.25) is 9.69 Å². The van der Waals surface area contributed by atoms with Crippen molar-refractivity contribution in [1.82, 2.24) is 10.2 Å². The van der Waals surface area contributed by atoms with Gasteiger partial charge in [-0.15, -0.1) is 0 Å². The molecular formula is C21H25ClFN3O2. The zero-order valence-electron chi connectivity index (χ0n) is 15.9. The highest BCUT2D eigenvalue weighted by molar-refractivity contribution is 6.30. The van der Waals surface area contributed by atoms with Gasteiger partial charge in [-0.05, 0) is 31.2 Å². The number of halogens is 2. The lowest BCUT2D eigenvalue weighted by molar-refractivity contribution is -0.123. The minimum atomic E-state index is -0.514. The van der Waals surface area contributed by atoms with Crippen LogP contribution in [0.15, 0.2) is 48.5 Å². The van der Waals surface area contributed by atoms with Gasteiger partial charge in [0.25, 0.3) is 5.91 Å². The van der Waals surface area contributed by atoms with E-state index < -0.39 is 5.82 Å². The zero-order valence-corrected chi connectivity index (χ0v) is 16.7. The highest BCUT2D eigenvalue weighted by Crippen LogP contribution is 2.21. The second kappa shape index (κ2) is 9.75. The lowest BCUT2D eigenvalue weighted by Crippen LogP contribution is -2.52. The number of para-hydroxylation sites is 1. The Kier molecular flexibility index (Phi) is 7.12. The number of ether oxygens (including phenoxy) is 1. The molecule has 1 saturated heterocycles. The molecule has 1 heterocycles. The van der Waals surface area contributed by atoms with Crippen LogP contribution in [-0.4, -0.2) is 56.2 Å². The molecule has 0 bridgehead atoms. The maximum atomic E-state index is 13.1. The molecule has 1 fully saturated rings. The molecule has 2 aromatic carbocycles. The summed E-state index contributed by atoms with van der Waals surface area (Å²) in [6, 6.07) is 14.7. The number of nitrogens with zero attached hydrogens (tertiary/aromatic N) is 2. The van der Waals surface area contributed by atoms with E-state index in [1.807, 2.05) is 6.07 Å². The number of rotatable bonds is 7. The summed E-state index contributed by atoms with van der Waals surface area (Å²) in [7, 11) is 0. The average molecular weight is 406 g/mol. The monoisotopic (exact) mass is 405 g/mol. The molecule has 0 aliphatic carbocycles. The molecule has 1 aliphatic rings. The lowest BCUT2D eigenvalue weighted by Gasteiger charge is -2.39. The SMILES string of the molecule is CC(CNC(=O)COc1ccc(F)c(Cl)c1)N1CCN(c2ccccc2)CC1. The number of benzene rings is 2. The number of nitrogens with one attached hydrogen (secondary N) is 1. The predicted octanol–water partition coefficient (Wildman–Crippen LogP) is 3.18. The highest BCUT2D eigenvalue weighted by atomic mass is 35.5. The summed E-state index contributed by atoms with van der Waals surface area (Å²) >= 11 is 5.70. The van der Waals surface area contributed by atoms with Gasteiger partial charge >= 0.3 is 0 Å². The summed E-state index contributed by atoms with van der Waals surface area (Å²) < 4.78 is 18.5. The number of hydrogen-bond donors (Lipinski definition) is 1. The first-order valence-corrected chi connectivity index (χ1v) is 9.79. The normalized spacial score (nSPS) is 15.9. The van der Waals surface area contributed by atoms with Crippen LogP contribution in [0.4, 0.5) is 10.1 Å². The van der Waals surface area contributed by atoms with Crippen LogP contribution in [0, 0.1) is 5.82 Å². The molecule has 0 saturated carbocycles. The van der Waals surface area contributed by atoms with E-state index >= 15 is 0 Å². The summed E-state index contributed by atoms with van der Waals surface area (Å²) in [6.07, 6.45) is 0. The Labute approximate surface area is 170 Å². The summed E-state index contributed by atoms with van der Waals surface area (Å²) in [6.45, 7) is 6.38. The third kappa shape index (κ3) is 5.59. The van der Waals surface area contributed by atoms with Crippen LogP contribution in [0.3, 0.4) is 0 Å². The zero-order chi connectivity index (χ0) is 19.9. The third-order valence-electron chi connectivity index (χ3n) is 4.91. The van der Waals surface area contributed by atoms with E-state index in [-0.39, 0.29) is 23.6 Å². The topological polar surface area (TPSA) is 44.8 Å².